The first-order valence-electron chi connectivity index (χ1n) is 10.8. The van der Waals surface area contributed by atoms with Gasteiger partial charge in [0.05, 0.1) is 0 Å². The summed E-state index contributed by atoms with van der Waals surface area (Å²) in [5, 5.41) is 10.8. The van der Waals surface area contributed by atoms with Crippen molar-refractivity contribution in [2.75, 3.05) is 6.61 Å². The number of benzene rings is 3. The third-order valence-electron chi connectivity index (χ3n) is 5.63. The van der Waals surface area contributed by atoms with Crippen molar-refractivity contribution in [3.8, 4) is 0 Å². The summed E-state index contributed by atoms with van der Waals surface area (Å²) in [6.07, 6.45) is -3.67. The Labute approximate surface area is 198 Å². The van der Waals surface area contributed by atoms with Crippen molar-refractivity contribution < 1.29 is 28.8 Å². The maximum atomic E-state index is 12.9. The minimum absolute atomic E-state index is 0.195. The zero-order valence-electron chi connectivity index (χ0n) is 17.7. The van der Waals surface area contributed by atoms with Crippen LogP contribution in [-0.2, 0) is 18.9 Å². The molecule has 0 radical (unpaired) electrons. The number of aliphatic hydroxyl groups excluding tert-OH is 1. The van der Waals surface area contributed by atoms with Crippen LogP contribution < -0.4 is 4.46 Å². The van der Waals surface area contributed by atoms with Crippen molar-refractivity contribution >= 4 is 25.4 Å². The number of hydrogen-bond donors (Lipinski definition) is 1. The van der Waals surface area contributed by atoms with Gasteiger partial charge in [-0.2, -0.15) is 0 Å². The van der Waals surface area contributed by atoms with Crippen LogP contribution >= 0.6 is 0 Å². The molecule has 5 rings (SSSR count). The second-order valence-corrected chi connectivity index (χ2v) is 10.3. The first kappa shape index (κ1) is 22.3. The van der Waals surface area contributed by atoms with Gasteiger partial charge in [0.1, 0.15) is 0 Å². The summed E-state index contributed by atoms with van der Waals surface area (Å²) in [5.74, 6) is -0.502. The van der Waals surface area contributed by atoms with Crippen molar-refractivity contribution in [2.24, 2.45) is 0 Å². The monoisotopic (exact) mass is 512 g/mol. The molecule has 3 aromatic carbocycles. The van der Waals surface area contributed by atoms with Gasteiger partial charge >= 0.3 is 199 Å². The average Bonchev–Trinajstić information content (AvgIpc) is 2.88. The van der Waals surface area contributed by atoms with E-state index in [9.17, 15) is 9.90 Å². The molecule has 3 aromatic rings. The summed E-state index contributed by atoms with van der Waals surface area (Å²) < 4.78 is 25.4. The predicted octanol–water partition coefficient (Wildman–Crippen LogP) is 2.44. The standard InChI is InChI=1S/C26H24O6Se/c27-21-23(31-24(28)17-10-4-1-5-11-17)22-20(30-26(21)33-19-14-8-3-9-15-19)16-29-25(32-22)18-12-6-2-7-13-18/h1-15,20-23,25-27H,16H2/t20-,21-,22+,23-,25+,26+/m1/s1. The van der Waals surface area contributed by atoms with Crippen molar-refractivity contribution in [3.63, 3.8) is 0 Å². The van der Waals surface area contributed by atoms with Crippen LogP contribution in [0.25, 0.3) is 0 Å². The fraction of sp³-hybridized carbons (Fsp3) is 0.269. The van der Waals surface area contributed by atoms with E-state index in [2.05, 4.69) is 0 Å². The molecule has 6 atom stereocenters. The fourth-order valence-corrected chi connectivity index (χ4v) is 6.23. The molecule has 6 nitrogen and oxygen atoms in total. The number of ether oxygens (including phenoxy) is 4. The van der Waals surface area contributed by atoms with Crippen LogP contribution in [0.2, 0.25) is 0 Å². The number of fused-ring (bicyclic) bond motifs is 1. The maximum absolute atomic E-state index is 12.9. The summed E-state index contributed by atoms with van der Waals surface area (Å²) in [4.78, 5) is 12.9. The summed E-state index contributed by atoms with van der Waals surface area (Å²) in [7, 11) is 0. The Hall–Kier alpha value is -2.51. The van der Waals surface area contributed by atoms with E-state index < -0.39 is 41.7 Å². The number of esters is 1. The molecule has 0 unspecified atom stereocenters. The molecule has 2 aliphatic rings. The van der Waals surface area contributed by atoms with Gasteiger partial charge in [-0.1, -0.05) is 0 Å². The van der Waals surface area contributed by atoms with Crippen LogP contribution in [-0.4, -0.2) is 62.1 Å². The van der Waals surface area contributed by atoms with Crippen LogP contribution in [0.5, 0.6) is 0 Å². The molecule has 0 bridgehead atoms. The Kier molecular flexibility index (Phi) is 6.88. The molecule has 0 spiro atoms. The molecular formula is C26H24O6Se. The second-order valence-electron chi connectivity index (χ2n) is 7.88. The third-order valence-corrected chi connectivity index (χ3v) is 8.07. The number of rotatable bonds is 5. The van der Waals surface area contributed by atoms with Crippen LogP contribution in [0.1, 0.15) is 22.2 Å². The van der Waals surface area contributed by atoms with Gasteiger partial charge in [0.2, 0.25) is 0 Å². The van der Waals surface area contributed by atoms with Crippen LogP contribution in [0.3, 0.4) is 0 Å². The molecule has 2 fully saturated rings. The summed E-state index contributed by atoms with van der Waals surface area (Å²) in [5.41, 5.74) is 1.28. The SMILES string of the molecule is O=C(O[C@@H]1[C@@H](O)[C@H]([Se]c2ccccc2)O[C@@H]2CO[C@H](c3ccccc3)O[C@H]12)c1ccccc1. The van der Waals surface area contributed by atoms with E-state index in [0.717, 1.165) is 10.0 Å². The first-order valence-corrected chi connectivity index (χ1v) is 12.7. The topological polar surface area (TPSA) is 74.2 Å². The van der Waals surface area contributed by atoms with Gasteiger partial charge in [-0.15, -0.1) is 0 Å². The van der Waals surface area contributed by atoms with Gasteiger partial charge in [-0.05, 0) is 0 Å². The van der Waals surface area contributed by atoms with E-state index in [1.807, 2.05) is 66.7 Å². The fourth-order valence-electron chi connectivity index (χ4n) is 3.97. The van der Waals surface area contributed by atoms with Gasteiger partial charge in [-0.3, -0.25) is 0 Å². The van der Waals surface area contributed by atoms with E-state index in [1.165, 1.54) is 0 Å². The molecule has 2 aliphatic heterocycles. The zero-order valence-corrected chi connectivity index (χ0v) is 19.4. The molecule has 7 heteroatoms. The van der Waals surface area contributed by atoms with Gasteiger partial charge in [0, 0.05) is 0 Å². The van der Waals surface area contributed by atoms with Crippen LogP contribution in [0, 0.1) is 0 Å². The summed E-state index contributed by atoms with van der Waals surface area (Å²) in [6, 6.07) is 28.2. The average molecular weight is 511 g/mol. The molecule has 0 amide bonds. The van der Waals surface area contributed by atoms with E-state index in [1.54, 1.807) is 24.3 Å². The minimum atomic E-state index is -1.03. The molecule has 0 aromatic heterocycles. The van der Waals surface area contributed by atoms with E-state index in [-0.39, 0.29) is 21.6 Å². The molecule has 0 saturated carbocycles. The van der Waals surface area contributed by atoms with Gasteiger partial charge in [0.25, 0.3) is 0 Å². The Morgan fingerprint density at radius 3 is 2.21 bits per heavy atom. The Morgan fingerprint density at radius 2 is 1.52 bits per heavy atom. The molecule has 0 aliphatic carbocycles. The molecule has 33 heavy (non-hydrogen) atoms. The number of aliphatic hydroxyl groups is 1. The third kappa shape index (κ3) is 5.04. The van der Waals surface area contributed by atoms with Crippen LogP contribution in [0.15, 0.2) is 91.0 Å². The molecule has 1 N–H and O–H groups in total. The first-order chi connectivity index (χ1) is 16.2. The van der Waals surface area contributed by atoms with Crippen molar-refractivity contribution in [1.29, 1.82) is 0 Å². The second kappa shape index (κ2) is 10.2. The van der Waals surface area contributed by atoms with E-state index in [4.69, 9.17) is 18.9 Å². The van der Waals surface area contributed by atoms with Crippen LogP contribution in [0.4, 0.5) is 0 Å². The Balaban J connectivity index is 1.40. The summed E-state index contributed by atoms with van der Waals surface area (Å²) >= 11 is -0.195. The summed E-state index contributed by atoms with van der Waals surface area (Å²) in [6.45, 7) is 0.276. The zero-order chi connectivity index (χ0) is 22.6. The van der Waals surface area contributed by atoms with Crippen molar-refractivity contribution in [2.45, 2.75) is 35.7 Å². The van der Waals surface area contributed by atoms with Gasteiger partial charge in [0.15, 0.2) is 0 Å². The van der Waals surface area contributed by atoms with E-state index in [0.29, 0.717) is 5.56 Å². The number of hydrogen-bond acceptors (Lipinski definition) is 6. The predicted molar refractivity (Wildman–Crippen MR) is 122 cm³/mol. The van der Waals surface area contributed by atoms with Gasteiger partial charge in [-0.25, -0.2) is 0 Å². The normalized spacial score (nSPS) is 29.1. The van der Waals surface area contributed by atoms with Gasteiger partial charge < -0.3 is 0 Å². The Morgan fingerprint density at radius 1 is 0.879 bits per heavy atom. The quantitative estimate of drug-likeness (QED) is 0.419. The molecular weight excluding hydrogens is 487 g/mol. The Bertz CT molecular complexity index is 1050. The van der Waals surface area contributed by atoms with Crippen molar-refractivity contribution in [1.82, 2.24) is 0 Å². The number of carbonyl (C=O) groups is 1. The van der Waals surface area contributed by atoms with Crippen molar-refractivity contribution in [3.05, 3.63) is 102 Å². The number of carbonyl (C=O) groups excluding carboxylic acids is 1. The molecule has 2 heterocycles. The molecule has 170 valence electrons. The van der Waals surface area contributed by atoms with E-state index >= 15 is 0 Å². The molecule has 2 saturated heterocycles.